The van der Waals surface area contributed by atoms with Crippen LogP contribution in [0, 0.1) is 11.9 Å². The number of carbonyl (C=O) groups is 2. The number of hydrogen-bond acceptors (Lipinski definition) is 5. The molecule has 2 rings (SSSR count). The molecule has 0 atom stereocenters. The zero-order valence-electron chi connectivity index (χ0n) is 14.1. The summed E-state index contributed by atoms with van der Waals surface area (Å²) in [4.78, 5) is 28.6. The molecule has 2 amide bonds. The maximum absolute atomic E-state index is 13.7. The van der Waals surface area contributed by atoms with Gasteiger partial charge in [-0.25, -0.2) is 15.6 Å². The van der Waals surface area contributed by atoms with E-state index < -0.39 is 29.0 Å². The van der Waals surface area contributed by atoms with Crippen LogP contribution in [0.4, 0.5) is 9.18 Å². The van der Waals surface area contributed by atoms with Crippen molar-refractivity contribution in [2.24, 2.45) is 11.8 Å². The van der Waals surface area contributed by atoms with Crippen LogP contribution in [0.2, 0.25) is 0 Å². The number of imide groups is 1. The minimum Gasteiger partial charge on any atom is -0.442 e. The van der Waals surface area contributed by atoms with Crippen LogP contribution in [0.25, 0.3) is 0 Å². The molecule has 1 aliphatic carbocycles. The Kier molecular flexibility index (Phi) is 5.01. The molecule has 132 valence electrons. The molecule has 1 aromatic heterocycles. The Morgan fingerprint density at radius 2 is 2.00 bits per heavy atom. The van der Waals surface area contributed by atoms with Crippen LogP contribution in [-0.2, 0) is 14.9 Å². The highest BCUT2D eigenvalue weighted by molar-refractivity contribution is 9.10. The molecule has 1 aromatic rings. The van der Waals surface area contributed by atoms with Crippen molar-refractivity contribution in [2.45, 2.75) is 51.6 Å². The standard InChI is InChI=1S/C16H21BrFN3O3/c1-9-7-16(8-9,10-5-11(17)20-12(18)6-10)13(22)21(19)14(23)24-15(2,3)4/h5-6,9H,7-8,19H2,1-4H3. The van der Waals surface area contributed by atoms with Crippen molar-refractivity contribution in [2.75, 3.05) is 0 Å². The molecule has 24 heavy (non-hydrogen) atoms. The second kappa shape index (κ2) is 6.40. The topological polar surface area (TPSA) is 85.5 Å². The maximum atomic E-state index is 13.7. The number of carbonyl (C=O) groups excluding carboxylic acids is 2. The van der Waals surface area contributed by atoms with Crippen molar-refractivity contribution < 1.29 is 18.7 Å². The summed E-state index contributed by atoms with van der Waals surface area (Å²) in [6, 6.07) is 2.78. The molecule has 0 bridgehead atoms. The molecule has 8 heteroatoms. The van der Waals surface area contributed by atoms with Crippen molar-refractivity contribution in [3.05, 3.63) is 28.2 Å². The second-order valence-electron chi connectivity index (χ2n) is 7.25. The lowest BCUT2D eigenvalue weighted by atomic mass is 9.58. The highest BCUT2D eigenvalue weighted by Crippen LogP contribution is 2.49. The molecule has 1 saturated carbocycles. The zero-order chi connectivity index (χ0) is 18.3. The average molecular weight is 402 g/mol. The molecule has 0 aliphatic heterocycles. The van der Waals surface area contributed by atoms with Gasteiger partial charge in [-0.15, -0.1) is 0 Å². The van der Waals surface area contributed by atoms with Gasteiger partial charge in [0.25, 0.3) is 5.91 Å². The lowest BCUT2D eigenvalue weighted by molar-refractivity contribution is -0.142. The molecule has 6 nitrogen and oxygen atoms in total. The fourth-order valence-corrected chi connectivity index (χ4v) is 3.45. The van der Waals surface area contributed by atoms with Crippen molar-refractivity contribution in [3.8, 4) is 0 Å². The van der Waals surface area contributed by atoms with E-state index in [0.29, 0.717) is 23.4 Å². The summed E-state index contributed by atoms with van der Waals surface area (Å²) in [5.74, 6) is 4.66. The number of ether oxygens (including phenoxy) is 1. The summed E-state index contributed by atoms with van der Waals surface area (Å²) in [5, 5.41) is 0.489. The molecule has 2 N–H and O–H groups in total. The molecular weight excluding hydrogens is 381 g/mol. The summed E-state index contributed by atoms with van der Waals surface area (Å²) < 4.78 is 19.1. The van der Waals surface area contributed by atoms with Crippen molar-refractivity contribution in [1.82, 2.24) is 9.99 Å². The molecule has 0 saturated heterocycles. The summed E-state index contributed by atoms with van der Waals surface area (Å²) in [5.41, 5.74) is -1.37. The highest BCUT2D eigenvalue weighted by atomic mass is 79.9. The summed E-state index contributed by atoms with van der Waals surface area (Å²) in [6.45, 7) is 7.02. The number of nitrogens with zero attached hydrogens (tertiary/aromatic N) is 2. The number of amides is 2. The quantitative estimate of drug-likeness (QED) is 0.355. The van der Waals surface area contributed by atoms with Gasteiger partial charge in [0, 0.05) is 0 Å². The lowest BCUT2D eigenvalue weighted by Gasteiger charge is -2.46. The molecular formula is C16H21BrFN3O3. The number of hydrogen-bond donors (Lipinski definition) is 1. The normalized spacial score (nSPS) is 23.4. The van der Waals surface area contributed by atoms with Gasteiger partial charge >= 0.3 is 6.09 Å². The third kappa shape index (κ3) is 3.75. The minimum atomic E-state index is -1.04. The SMILES string of the molecule is CC1CC(C(=O)N(N)C(=O)OC(C)(C)C)(c2cc(F)nc(Br)c2)C1. The van der Waals surface area contributed by atoms with E-state index in [1.54, 1.807) is 26.8 Å². The molecule has 1 heterocycles. The van der Waals surface area contributed by atoms with E-state index in [2.05, 4.69) is 20.9 Å². The van der Waals surface area contributed by atoms with Gasteiger partial charge in [0.05, 0.1) is 5.41 Å². The maximum Gasteiger partial charge on any atom is 0.431 e. The average Bonchev–Trinajstić information content (AvgIpc) is 2.39. The molecule has 0 spiro atoms. The number of hydrazine groups is 1. The van der Waals surface area contributed by atoms with E-state index in [-0.39, 0.29) is 10.5 Å². The van der Waals surface area contributed by atoms with Crippen LogP contribution in [0.5, 0.6) is 0 Å². The van der Waals surface area contributed by atoms with Crippen LogP contribution < -0.4 is 5.84 Å². The van der Waals surface area contributed by atoms with Crippen molar-refractivity contribution in [3.63, 3.8) is 0 Å². The molecule has 0 aromatic carbocycles. The predicted octanol–water partition coefficient (Wildman–Crippen LogP) is 3.29. The first-order valence-electron chi connectivity index (χ1n) is 7.60. The van der Waals surface area contributed by atoms with E-state index in [1.165, 1.54) is 6.07 Å². The van der Waals surface area contributed by atoms with Crippen molar-refractivity contribution >= 4 is 27.9 Å². The fourth-order valence-electron chi connectivity index (χ4n) is 3.03. The van der Waals surface area contributed by atoms with Crippen LogP contribution in [0.15, 0.2) is 16.7 Å². The summed E-state index contributed by atoms with van der Waals surface area (Å²) in [7, 11) is 0. The number of rotatable bonds is 2. The van der Waals surface area contributed by atoms with E-state index in [9.17, 15) is 14.0 Å². The Labute approximate surface area is 148 Å². The second-order valence-corrected chi connectivity index (χ2v) is 8.06. The minimum absolute atomic E-state index is 0.260. The Morgan fingerprint density at radius 3 is 2.46 bits per heavy atom. The predicted molar refractivity (Wildman–Crippen MR) is 89.2 cm³/mol. The number of halogens is 2. The van der Waals surface area contributed by atoms with Crippen LogP contribution in [-0.4, -0.2) is 27.6 Å². The number of nitrogens with two attached hydrogens (primary N) is 1. The van der Waals surface area contributed by atoms with Crippen LogP contribution in [0.1, 0.15) is 46.1 Å². The van der Waals surface area contributed by atoms with E-state index in [0.717, 1.165) is 0 Å². The summed E-state index contributed by atoms with van der Waals surface area (Å²) >= 11 is 3.13. The third-order valence-electron chi connectivity index (χ3n) is 3.93. The monoisotopic (exact) mass is 401 g/mol. The zero-order valence-corrected chi connectivity index (χ0v) is 15.7. The Balaban J connectivity index is 2.33. The third-order valence-corrected chi connectivity index (χ3v) is 4.33. The van der Waals surface area contributed by atoms with E-state index >= 15 is 0 Å². The Hall–Kier alpha value is -1.54. The fraction of sp³-hybridized carbons (Fsp3) is 0.562. The van der Waals surface area contributed by atoms with Crippen molar-refractivity contribution in [1.29, 1.82) is 0 Å². The first kappa shape index (κ1) is 18.8. The van der Waals surface area contributed by atoms with Gasteiger partial charge in [0.2, 0.25) is 5.95 Å². The highest BCUT2D eigenvalue weighted by Gasteiger charge is 2.52. The van der Waals surface area contributed by atoms with E-state index in [1.807, 2.05) is 6.92 Å². The smallest absolute Gasteiger partial charge is 0.431 e. The largest absolute Gasteiger partial charge is 0.442 e. The number of pyridine rings is 1. The van der Waals surface area contributed by atoms with Gasteiger partial charge in [0.15, 0.2) is 0 Å². The first-order valence-corrected chi connectivity index (χ1v) is 8.40. The van der Waals surface area contributed by atoms with Gasteiger partial charge in [-0.1, -0.05) is 6.92 Å². The van der Waals surface area contributed by atoms with Gasteiger partial charge in [-0.05, 0) is 73.2 Å². The van der Waals surface area contributed by atoms with E-state index in [4.69, 9.17) is 10.6 Å². The molecule has 1 fully saturated rings. The van der Waals surface area contributed by atoms with Crippen LogP contribution in [0.3, 0.4) is 0 Å². The number of aromatic nitrogens is 1. The Morgan fingerprint density at radius 1 is 1.42 bits per heavy atom. The van der Waals surface area contributed by atoms with Gasteiger partial charge in [-0.3, -0.25) is 4.79 Å². The Bertz CT molecular complexity index is 649. The molecule has 0 unspecified atom stereocenters. The molecule has 1 aliphatic rings. The van der Waals surface area contributed by atoms with Crippen LogP contribution >= 0.6 is 15.9 Å². The van der Waals surface area contributed by atoms with Gasteiger partial charge < -0.3 is 4.74 Å². The van der Waals surface area contributed by atoms with Gasteiger partial charge in [-0.2, -0.15) is 9.40 Å². The lowest BCUT2D eigenvalue weighted by Crippen LogP contribution is -2.58. The summed E-state index contributed by atoms with van der Waals surface area (Å²) in [6.07, 6.45) is 0.0104. The van der Waals surface area contributed by atoms with Gasteiger partial charge in [0.1, 0.15) is 10.2 Å². The molecule has 0 radical (unpaired) electrons. The first-order chi connectivity index (χ1) is 10.9.